The Balaban J connectivity index is 1.50. The molecule has 2 aromatic rings. The number of nitrogens with zero attached hydrogens (tertiary/aromatic N) is 2. The summed E-state index contributed by atoms with van der Waals surface area (Å²) in [6.07, 6.45) is 6.36. The van der Waals surface area contributed by atoms with Gasteiger partial charge in [-0.2, -0.15) is 0 Å². The Morgan fingerprint density at radius 3 is 3.05 bits per heavy atom. The van der Waals surface area contributed by atoms with Crippen molar-refractivity contribution in [1.29, 1.82) is 0 Å². The number of hydrogen-bond donors (Lipinski definition) is 1. The molecular formula is C17H21N3O. The van der Waals surface area contributed by atoms with E-state index in [1.54, 1.807) is 0 Å². The van der Waals surface area contributed by atoms with E-state index in [2.05, 4.69) is 23.2 Å². The number of amides is 1. The normalized spacial score (nSPS) is 28.0. The van der Waals surface area contributed by atoms with Gasteiger partial charge in [0.2, 0.25) is 0 Å². The van der Waals surface area contributed by atoms with Crippen LogP contribution in [0.2, 0.25) is 0 Å². The second-order valence-corrected chi connectivity index (χ2v) is 6.53. The minimum Gasteiger partial charge on any atom is -0.348 e. The second-order valence-electron chi connectivity index (χ2n) is 6.53. The maximum Gasteiger partial charge on any atom is 0.253 e. The predicted octanol–water partition coefficient (Wildman–Crippen LogP) is 2.07. The van der Waals surface area contributed by atoms with Crippen LogP contribution in [0.25, 0.3) is 5.52 Å². The van der Waals surface area contributed by atoms with Crippen molar-refractivity contribution < 1.29 is 4.79 Å². The van der Waals surface area contributed by atoms with Gasteiger partial charge in [0.1, 0.15) is 0 Å². The van der Waals surface area contributed by atoms with E-state index in [1.807, 2.05) is 28.9 Å². The van der Waals surface area contributed by atoms with Gasteiger partial charge in [-0.15, -0.1) is 0 Å². The Kier molecular flexibility index (Phi) is 3.00. The van der Waals surface area contributed by atoms with Gasteiger partial charge < -0.3 is 14.6 Å². The average molecular weight is 283 g/mol. The highest BCUT2D eigenvalue weighted by atomic mass is 16.1. The molecule has 3 unspecified atom stereocenters. The van der Waals surface area contributed by atoms with E-state index in [4.69, 9.17) is 0 Å². The molecule has 2 aromatic heterocycles. The van der Waals surface area contributed by atoms with Crippen molar-refractivity contribution >= 4 is 11.4 Å². The first kappa shape index (κ1) is 12.9. The van der Waals surface area contributed by atoms with Crippen LogP contribution >= 0.6 is 0 Å². The van der Waals surface area contributed by atoms with Gasteiger partial charge in [-0.1, -0.05) is 0 Å². The number of carbonyl (C=O) groups is 1. The molecular weight excluding hydrogens is 262 g/mol. The summed E-state index contributed by atoms with van der Waals surface area (Å²) in [5, 5.41) is 3.21. The van der Waals surface area contributed by atoms with Gasteiger partial charge in [0.15, 0.2) is 0 Å². The summed E-state index contributed by atoms with van der Waals surface area (Å²) < 4.78 is 2.03. The third-order valence-corrected chi connectivity index (χ3v) is 4.93. The highest BCUT2D eigenvalue weighted by Crippen LogP contribution is 2.26. The first-order valence-electron chi connectivity index (χ1n) is 7.79. The Bertz CT molecular complexity index is 678. The van der Waals surface area contributed by atoms with E-state index < -0.39 is 0 Å². The zero-order chi connectivity index (χ0) is 14.4. The lowest BCUT2D eigenvalue weighted by molar-refractivity contribution is 0.0909. The van der Waals surface area contributed by atoms with Crippen molar-refractivity contribution in [1.82, 2.24) is 14.6 Å². The average Bonchev–Trinajstić information content (AvgIpc) is 3.02. The number of carbonyl (C=O) groups excluding carboxylic acids is 1. The Morgan fingerprint density at radius 2 is 2.19 bits per heavy atom. The van der Waals surface area contributed by atoms with Crippen molar-refractivity contribution in [3.8, 4) is 0 Å². The summed E-state index contributed by atoms with van der Waals surface area (Å²) in [7, 11) is 0. The van der Waals surface area contributed by atoms with E-state index in [0.717, 1.165) is 30.0 Å². The first-order valence-corrected chi connectivity index (χ1v) is 7.79. The zero-order valence-electron chi connectivity index (χ0n) is 12.4. The molecule has 3 atom stereocenters. The molecule has 0 aromatic carbocycles. The Morgan fingerprint density at radius 1 is 1.29 bits per heavy atom. The monoisotopic (exact) mass is 283 g/mol. The van der Waals surface area contributed by atoms with E-state index >= 15 is 0 Å². The van der Waals surface area contributed by atoms with Crippen molar-refractivity contribution in [2.75, 3.05) is 19.6 Å². The third kappa shape index (κ3) is 2.33. The molecule has 4 heterocycles. The van der Waals surface area contributed by atoms with Crippen LogP contribution in [0.4, 0.5) is 0 Å². The lowest BCUT2D eigenvalue weighted by Crippen LogP contribution is -2.47. The summed E-state index contributed by atoms with van der Waals surface area (Å²) in [4.78, 5) is 14.9. The molecule has 2 saturated heterocycles. The van der Waals surface area contributed by atoms with Gasteiger partial charge in [-0.3, -0.25) is 4.79 Å². The summed E-state index contributed by atoms with van der Waals surface area (Å²) in [6, 6.07) is 6.33. The van der Waals surface area contributed by atoms with Crippen LogP contribution in [0.3, 0.4) is 0 Å². The standard InChI is InChI=1S/C17H21N3O/c1-12-4-7-20-10-14(2-3-16(12)20)17(21)18-15-8-13-5-6-19(9-13)11-15/h2-4,7,10,13,15H,5-6,8-9,11H2,1H3,(H,18,21). The molecule has 2 aliphatic rings. The molecule has 1 amide bonds. The minimum atomic E-state index is 0.0516. The topological polar surface area (TPSA) is 36.8 Å². The molecule has 2 aliphatic heterocycles. The highest BCUT2D eigenvalue weighted by Gasteiger charge is 2.32. The number of aryl methyl sites for hydroxylation is 1. The zero-order valence-corrected chi connectivity index (χ0v) is 12.4. The molecule has 110 valence electrons. The number of hydrogen-bond acceptors (Lipinski definition) is 2. The SMILES string of the molecule is Cc1ccn2cc(C(=O)NC3CC4CCN(C4)C3)ccc12. The molecule has 4 rings (SSSR count). The fourth-order valence-electron chi connectivity index (χ4n) is 3.82. The maximum absolute atomic E-state index is 12.5. The number of pyridine rings is 1. The predicted molar refractivity (Wildman–Crippen MR) is 82.6 cm³/mol. The lowest BCUT2D eigenvalue weighted by atomic mass is 9.96. The van der Waals surface area contributed by atoms with Crippen molar-refractivity contribution in [2.45, 2.75) is 25.8 Å². The first-order chi connectivity index (χ1) is 10.2. The molecule has 4 heteroatoms. The van der Waals surface area contributed by atoms with E-state index in [0.29, 0.717) is 6.04 Å². The summed E-state index contributed by atoms with van der Waals surface area (Å²) in [6.45, 7) is 5.51. The number of nitrogens with one attached hydrogen (secondary N) is 1. The van der Waals surface area contributed by atoms with Crippen molar-refractivity contribution in [3.63, 3.8) is 0 Å². The minimum absolute atomic E-state index is 0.0516. The quantitative estimate of drug-likeness (QED) is 0.916. The Hall–Kier alpha value is -1.81. The van der Waals surface area contributed by atoms with Gasteiger partial charge in [-0.05, 0) is 56.0 Å². The molecule has 2 bridgehead atoms. The van der Waals surface area contributed by atoms with E-state index in [9.17, 15) is 4.79 Å². The maximum atomic E-state index is 12.5. The third-order valence-electron chi connectivity index (χ3n) is 4.93. The van der Waals surface area contributed by atoms with Crippen LogP contribution in [0.1, 0.15) is 28.8 Å². The van der Waals surface area contributed by atoms with Gasteiger partial charge in [0, 0.05) is 37.0 Å². The van der Waals surface area contributed by atoms with Crippen LogP contribution in [-0.4, -0.2) is 40.9 Å². The Labute approximate surface area is 124 Å². The number of aromatic nitrogens is 1. The molecule has 0 aliphatic carbocycles. The molecule has 0 radical (unpaired) electrons. The molecule has 2 fully saturated rings. The number of rotatable bonds is 2. The smallest absolute Gasteiger partial charge is 0.253 e. The van der Waals surface area contributed by atoms with Gasteiger partial charge in [0.25, 0.3) is 5.91 Å². The number of piperidine rings is 1. The molecule has 0 saturated carbocycles. The van der Waals surface area contributed by atoms with Crippen LogP contribution in [0.15, 0.2) is 30.6 Å². The molecule has 1 N–H and O–H groups in total. The van der Waals surface area contributed by atoms with Crippen LogP contribution < -0.4 is 5.32 Å². The van der Waals surface area contributed by atoms with Crippen LogP contribution in [0, 0.1) is 12.8 Å². The van der Waals surface area contributed by atoms with Crippen molar-refractivity contribution in [3.05, 3.63) is 41.7 Å². The largest absolute Gasteiger partial charge is 0.348 e. The van der Waals surface area contributed by atoms with Crippen LogP contribution in [-0.2, 0) is 0 Å². The van der Waals surface area contributed by atoms with E-state index in [1.165, 1.54) is 25.1 Å². The van der Waals surface area contributed by atoms with Gasteiger partial charge >= 0.3 is 0 Å². The summed E-state index contributed by atoms with van der Waals surface area (Å²) in [5.41, 5.74) is 3.14. The van der Waals surface area contributed by atoms with Crippen molar-refractivity contribution in [2.24, 2.45) is 5.92 Å². The fraction of sp³-hybridized carbons (Fsp3) is 0.471. The van der Waals surface area contributed by atoms with Gasteiger partial charge in [-0.25, -0.2) is 0 Å². The van der Waals surface area contributed by atoms with Crippen LogP contribution in [0.5, 0.6) is 0 Å². The fourth-order valence-corrected chi connectivity index (χ4v) is 3.82. The molecule has 0 spiro atoms. The lowest BCUT2D eigenvalue weighted by Gasteiger charge is -2.30. The number of fused-ring (bicyclic) bond motifs is 3. The summed E-state index contributed by atoms with van der Waals surface area (Å²) in [5.74, 6) is 0.828. The summed E-state index contributed by atoms with van der Waals surface area (Å²) >= 11 is 0. The second kappa shape index (κ2) is 4.88. The van der Waals surface area contributed by atoms with E-state index in [-0.39, 0.29) is 5.91 Å². The van der Waals surface area contributed by atoms with Gasteiger partial charge in [0.05, 0.1) is 5.56 Å². The molecule has 21 heavy (non-hydrogen) atoms. The highest BCUT2D eigenvalue weighted by molar-refractivity contribution is 5.94. The molecule has 4 nitrogen and oxygen atoms in total.